The molecule has 1 rings (SSSR count). The van der Waals surface area contributed by atoms with E-state index in [1.807, 2.05) is 6.92 Å². The van der Waals surface area contributed by atoms with E-state index in [9.17, 15) is 4.79 Å². The van der Waals surface area contributed by atoms with Crippen molar-refractivity contribution in [3.8, 4) is 11.8 Å². The maximum absolute atomic E-state index is 11.6. The third kappa shape index (κ3) is 6.92. The van der Waals surface area contributed by atoms with Crippen LogP contribution in [0.15, 0.2) is 0 Å². The zero-order valence-corrected chi connectivity index (χ0v) is 12.7. The largest absolute Gasteiger partial charge is 0.462 e. The van der Waals surface area contributed by atoms with Crippen LogP contribution >= 0.6 is 22.6 Å². The second-order valence-electron chi connectivity index (χ2n) is 4.52. The predicted molar refractivity (Wildman–Crippen MR) is 78.1 cm³/mol. The Hall–Kier alpha value is -0.240. The Balaban J connectivity index is 2.45. The van der Waals surface area contributed by atoms with E-state index in [0.29, 0.717) is 10.3 Å². The molecule has 2 nitrogen and oxygen atoms in total. The van der Waals surface area contributed by atoms with Gasteiger partial charge in [0.15, 0.2) is 0 Å². The van der Waals surface area contributed by atoms with Crippen molar-refractivity contribution in [1.82, 2.24) is 0 Å². The molecule has 0 aromatic carbocycles. The first-order chi connectivity index (χ1) is 8.20. The van der Waals surface area contributed by atoms with Gasteiger partial charge in [-0.25, -0.2) is 0 Å². The van der Waals surface area contributed by atoms with Crippen molar-refractivity contribution >= 4 is 28.6 Å². The first kappa shape index (κ1) is 14.8. The fourth-order valence-electron chi connectivity index (χ4n) is 1.80. The van der Waals surface area contributed by atoms with Crippen molar-refractivity contribution in [3.05, 3.63) is 0 Å². The summed E-state index contributed by atoms with van der Waals surface area (Å²) in [6.07, 6.45) is 7.81. The highest BCUT2D eigenvalue weighted by Gasteiger charge is 2.17. The molecule has 0 bridgehead atoms. The molecule has 0 fully saturated rings. The van der Waals surface area contributed by atoms with Crippen LogP contribution in [0.25, 0.3) is 0 Å². The molecule has 1 heterocycles. The molecule has 2 atom stereocenters. The molecule has 1 aliphatic heterocycles. The average Bonchev–Trinajstić information content (AvgIpc) is 2.30. The van der Waals surface area contributed by atoms with E-state index in [2.05, 4.69) is 34.4 Å². The Bertz CT molecular complexity index is 290. The Morgan fingerprint density at radius 3 is 2.65 bits per heavy atom. The Kier molecular flexibility index (Phi) is 7.67. The van der Waals surface area contributed by atoms with E-state index < -0.39 is 0 Å². The molecule has 1 unspecified atom stereocenters. The lowest BCUT2D eigenvalue weighted by Crippen LogP contribution is -2.24. The SMILES string of the molecule is CC1OC(=O)CCCCCC#CCCC[C@@H]1I. The van der Waals surface area contributed by atoms with Crippen molar-refractivity contribution in [2.75, 3.05) is 0 Å². The topological polar surface area (TPSA) is 26.3 Å². The molecule has 0 aromatic heterocycles. The summed E-state index contributed by atoms with van der Waals surface area (Å²) < 4.78 is 5.83. The zero-order valence-electron chi connectivity index (χ0n) is 10.5. The maximum atomic E-state index is 11.6. The minimum atomic E-state index is -0.0395. The molecule has 0 radical (unpaired) electrons. The summed E-state index contributed by atoms with van der Waals surface area (Å²) in [5.41, 5.74) is 0. The highest BCUT2D eigenvalue weighted by molar-refractivity contribution is 14.1. The van der Waals surface area contributed by atoms with Gasteiger partial charge in [0, 0.05) is 23.2 Å². The number of hydrogen-bond donors (Lipinski definition) is 0. The van der Waals surface area contributed by atoms with E-state index in [1.165, 1.54) is 0 Å². The monoisotopic (exact) mass is 348 g/mol. The van der Waals surface area contributed by atoms with E-state index in [4.69, 9.17) is 4.74 Å². The van der Waals surface area contributed by atoms with Crippen molar-refractivity contribution in [2.45, 2.75) is 68.3 Å². The number of carbonyl (C=O) groups excluding carboxylic acids is 1. The van der Waals surface area contributed by atoms with Crippen molar-refractivity contribution < 1.29 is 9.53 Å². The quantitative estimate of drug-likeness (QED) is 0.288. The van der Waals surface area contributed by atoms with Crippen molar-refractivity contribution in [3.63, 3.8) is 0 Å². The van der Waals surface area contributed by atoms with Gasteiger partial charge in [0.05, 0.1) is 0 Å². The Morgan fingerprint density at radius 1 is 1.18 bits per heavy atom. The summed E-state index contributed by atoms with van der Waals surface area (Å²) in [7, 11) is 0. The van der Waals surface area contributed by atoms with Gasteiger partial charge < -0.3 is 4.74 Å². The first-order valence-electron chi connectivity index (χ1n) is 6.49. The number of carbonyl (C=O) groups is 1. The molecule has 0 aromatic rings. The number of rotatable bonds is 0. The third-order valence-electron chi connectivity index (χ3n) is 2.92. The molecule has 0 amide bonds. The molecule has 0 N–H and O–H groups in total. The lowest BCUT2D eigenvalue weighted by molar-refractivity contribution is -0.148. The number of hydrogen-bond acceptors (Lipinski definition) is 2. The van der Waals surface area contributed by atoms with Crippen LogP contribution in [0.5, 0.6) is 0 Å². The summed E-state index contributed by atoms with van der Waals surface area (Å²) in [5.74, 6) is 6.39. The van der Waals surface area contributed by atoms with Crippen LogP contribution in [0.3, 0.4) is 0 Å². The molecule has 1 aliphatic rings. The Morgan fingerprint density at radius 2 is 1.88 bits per heavy atom. The minimum absolute atomic E-state index is 0.0269. The number of alkyl halides is 1. The van der Waals surface area contributed by atoms with Gasteiger partial charge in [-0.1, -0.05) is 29.0 Å². The summed E-state index contributed by atoms with van der Waals surface area (Å²) in [5, 5.41) is 0. The smallest absolute Gasteiger partial charge is 0.306 e. The van der Waals surface area contributed by atoms with Gasteiger partial charge in [0.2, 0.25) is 0 Å². The van der Waals surface area contributed by atoms with Gasteiger partial charge in [-0.2, -0.15) is 0 Å². The standard InChI is InChI=1S/C14H21IO2/c1-12-13(15)10-8-6-4-2-3-5-7-9-11-14(16)17-12/h12-13H,3,5-11H2,1H3/t12?,13-/m0/s1. The molecule has 0 saturated heterocycles. The van der Waals surface area contributed by atoms with Crippen LogP contribution in [0.2, 0.25) is 0 Å². The number of esters is 1. The number of cyclic esters (lactones) is 1. The van der Waals surface area contributed by atoms with E-state index >= 15 is 0 Å². The molecule has 0 spiro atoms. The first-order valence-corrected chi connectivity index (χ1v) is 7.74. The molecule has 17 heavy (non-hydrogen) atoms. The van der Waals surface area contributed by atoms with Crippen LogP contribution in [-0.2, 0) is 9.53 Å². The van der Waals surface area contributed by atoms with Gasteiger partial charge in [0.1, 0.15) is 6.10 Å². The van der Waals surface area contributed by atoms with E-state index in [-0.39, 0.29) is 12.1 Å². The molecule has 0 aliphatic carbocycles. The second-order valence-corrected chi connectivity index (χ2v) is 6.12. The maximum Gasteiger partial charge on any atom is 0.306 e. The fourth-order valence-corrected chi connectivity index (χ4v) is 2.38. The van der Waals surface area contributed by atoms with Crippen LogP contribution in [0, 0.1) is 11.8 Å². The molecular weight excluding hydrogens is 327 g/mol. The van der Waals surface area contributed by atoms with Gasteiger partial charge in [-0.3, -0.25) is 4.79 Å². The average molecular weight is 348 g/mol. The third-order valence-corrected chi connectivity index (χ3v) is 4.55. The second kappa shape index (κ2) is 8.79. The van der Waals surface area contributed by atoms with Crippen LogP contribution in [0.1, 0.15) is 58.3 Å². The van der Waals surface area contributed by atoms with Crippen LogP contribution in [-0.4, -0.2) is 16.0 Å². The zero-order chi connectivity index (χ0) is 12.5. The Labute approximate surface area is 118 Å². The molecule has 3 heteroatoms. The highest BCUT2D eigenvalue weighted by atomic mass is 127. The summed E-state index contributed by atoms with van der Waals surface area (Å²) in [6, 6.07) is 0. The van der Waals surface area contributed by atoms with Crippen molar-refractivity contribution in [1.29, 1.82) is 0 Å². The van der Waals surface area contributed by atoms with Crippen LogP contribution < -0.4 is 0 Å². The number of halogens is 1. The molecular formula is C14H21IO2. The lowest BCUT2D eigenvalue weighted by atomic mass is 10.1. The van der Waals surface area contributed by atoms with Crippen LogP contribution in [0.4, 0.5) is 0 Å². The summed E-state index contributed by atoms with van der Waals surface area (Å²) in [4.78, 5) is 11.6. The minimum Gasteiger partial charge on any atom is -0.462 e. The predicted octanol–water partition coefficient (Wildman–Crippen LogP) is 3.86. The summed E-state index contributed by atoms with van der Waals surface area (Å²) >= 11 is 2.38. The van der Waals surface area contributed by atoms with E-state index in [1.54, 1.807) is 0 Å². The lowest BCUT2D eigenvalue weighted by Gasteiger charge is -2.18. The van der Waals surface area contributed by atoms with Gasteiger partial charge in [-0.15, -0.1) is 11.8 Å². The fraction of sp³-hybridized carbons (Fsp3) is 0.786. The highest BCUT2D eigenvalue weighted by Crippen LogP contribution is 2.18. The summed E-state index contributed by atoms with van der Waals surface area (Å²) in [6.45, 7) is 1.99. The van der Waals surface area contributed by atoms with Crippen molar-refractivity contribution in [2.24, 2.45) is 0 Å². The van der Waals surface area contributed by atoms with Gasteiger partial charge in [-0.05, 0) is 32.6 Å². The van der Waals surface area contributed by atoms with E-state index in [0.717, 1.165) is 44.9 Å². The van der Waals surface area contributed by atoms with Gasteiger partial charge >= 0.3 is 5.97 Å². The van der Waals surface area contributed by atoms with Gasteiger partial charge in [0.25, 0.3) is 0 Å². The normalized spacial score (nSPS) is 28.5. The molecule has 96 valence electrons. The number of ether oxygens (including phenoxy) is 1. The molecule has 0 saturated carbocycles.